The number of anilines is 1. The molecule has 0 saturated carbocycles. The SMILES string of the molecule is CCN(CC(=O)Nc1cc(Cl)ccc1C)Cc1cccc(S(=O)(=O)N2CCOCC2)c1. The average Bonchev–Trinajstić information content (AvgIpc) is 2.76. The minimum Gasteiger partial charge on any atom is -0.379 e. The molecule has 1 aliphatic rings. The second kappa shape index (κ2) is 10.6. The Balaban J connectivity index is 1.67. The predicted molar refractivity (Wildman–Crippen MR) is 122 cm³/mol. The number of amides is 1. The van der Waals surface area contributed by atoms with Gasteiger partial charge in [0, 0.05) is 30.3 Å². The molecule has 0 aromatic heterocycles. The van der Waals surface area contributed by atoms with Gasteiger partial charge >= 0.3 is 0 Å². The van der Waals surface area contributed by atoms with Crippen molar-refractivity contribution < 1.29 is 17.9 Å². The average molecular weight is 466 g/mol. The second-order valence-electron chi connectivity index (χ2n) is 7.47. The summed E-state index contributed by atoms with van der Waals surface area (Å²) in [6, 6.07) is 12.3. The van der Waals surface area contributed by atoms with Crippen LogP contribution in [0.1, 0.15) is 18.1 Å². The third-order valence-electron chi connectivity index (χ3n) is 5.20. The first-order chi connectivity index (χ1) is 14.8. The zero-order valence-electron chi connectivity index (χ0n) is 17.8. The van der Waals surface area contributed by atoms with Crippen molar-refractivity contribution in [1.29, 1.82) is 0 Å². The molecule has 0 radical (unpaired) electrons. The van der Waals surface area contributed by atoms with Crippen LogP contribution in [0.2, 0.25) is 5.02 Å². The number of ether oxygens (including phenoxy) is 1. The molecule has 0 atom stereocenters. The highest BCUT2D eigenvalue weighted by Crippen LogP contribution is 2.21. The summed E-state index contributed by atoms with van der Waals surface area (Å²) < 4.78 is 32.5. The number of aryl methyl sites for hydroxylation is 1. The van der Waals surface area contributed by atoms with Gasteiger partial charge in [-0.3, -0.25) is 9.69 Å². The lowest BCUT2D eigenvalue weighted by molar-refractivity contribution is -0.117. The van der Waals surface area contributed by atoms with Gasteiger partial charge in [-0.1, -0.05) is 36.7 Å². The van der Waals surface area contributed by atoms with Crippen LogP contribution in [0.5, 0.6) is 0 Å². The molecule has 7 nitrogen and oxygen atoms in total. The Kier molecular flexibility index (Phi) is 8.07. The van der Waals surface area contributed by atoms with E-state index >= 15 is 0 Å². The molecule has 1 fully saturated rings. The summed E-state index contributed by atoms with van der Waals surface area (Å²) in [6.45, 7) is 6.69. The topological polar surface area (TPSA) is 79.0 Å². The van der Waals surface area contributed by atoms with Gasteiger partial charge in [-0.15, -0.1) is 0 Å². The van der Waals surface area contributed by atoms with E-state index in [9.17, 15) is 13.2 Å². The van der Waals surface area contributed by atoms with E-state index < -0.39 is 10.0 Å². The van der Waals surface area contributed by atoms with Gasteiger partial charge in [-0.25, -0.2) is 8.42 Å². The summed E-state index contributed by atoms with van der Waals surface area (Å²) in [7, 11) is -3.56. The highest BCUT2D eigenvalue weighted by Gasteiger charge is 2.26. The molecular formula is C22H28ClN3O4S. The summed E-state index contributed by atoms with van der Waals surface area (Å²) in [6.07, 6.45) is 0. The van der Waals surface area contributed by atoms with E-state index in [-0.39, 0.29) is 17.3 Å². The Morgan fingerprint density at radius 2 is 1.94 bits per heavy atom. The van der Waals surface area contributed by atoms with E-state index in [0.29, 0.717) is 50.1 Å². The summed E-state index contributed by atoms with van der Waals surface area (Å²) in [5.41, 5.74) is 2.46. The van der Waals surface area contributed by atoms with Gasteiger partial charge in [0.2, 0.25) is 15.9 Å². The normalized spacial score (nSPS) is 15.2. The van der Waals surface area contributed by atoms with E-state index in [4.69, 9.17) is 16.3 Å². The Morgan fingerprint density at radius 3 is 2.65 bits per heavy atom. The number of nitrogens with zero attached hydrogens (tertiary/aromatic N) is 2. The molecule has 0 unspecified atom stereocenters. The maximum atomic E-state index is 12.9. The molecule has 0 aliphatic carbocycles. The largest absolute Gasteiger partial charge is 0.379 e. The van der Waals surface area contributed by atoms with Crippen LogP contribution in [0.4, 0.5) is 5.69 Å². The Bertz CT molecular complexity index is 1020. The molecule has 0 bridgehead atoms. The van der Waals surface area contributed by atoms with Gasteiger partial charge in [-0.2, -0.15) is 4.31 Å². The number of halogens is 1. The number of carbonyl (C=O) groups excluding carboxylic acids is 1. The molecule has 3 rings (SSSR count). The second-order valence-corrected chi connectivity index (χ2v) is 9.85. The lowest BCUT2D eigenvalue weighted by Crippen LogP contribution is -2.40. The zero-order chi connectivity index (χ0) is 22.4. The van der Waals surface area contributed by atoms with Crippen molar-refractivity contribution in [1.82, 2.24) is 9.21 Å². The molecule has 2 aromatic rings. The molecule has 9 heteroatoms. The molecule has 1 amide bonds. The first kappa shape index (κ1) is 23.7. The van der Waals surface area contributed by atoms with Gasteiger partial charge in [0.05, 0.1) is 24.7 Å². The quantitative estimate of drug-likeness (QED) is 0.648. The van der Waals surface area contributed by atoms with Crippen molar-refractivity contribution in [2.24, 2.45) is 0 Å². The van der Waals surface area contributed by atoms with Crippen molar-refractivity contribution in [3.8, 4) is 0 Å². The van der Waals surface area contributed by atoms with Crippen LogP contribution in [-0.4, -0.2) is 62.9 Å². The van der Waals surface area contributed by atoms with E-state index in [1.165, 1.54) is 4.31 Å². The van der Waals surface area contributed by atoms with Crippen LogP contribution in [0.25, 0.3) is 0 Å². The Labute approximate surface area is 189 Å². The molecule has 31 heavy (non-hydrogen) atoms. The van der Waals surface area contributed by atoms with Crippen LogP contribution in [0.15, 0.2) is 47.4 Å². The molecule has 1 aliphatic heterocycles. The fourth-order valence-electron chi connectivity index (χ4n) is 3.40. The Hall–Kier alpha value is -1.97. The number of likely N-dealkylation sites (N-methyl/N-ethyl adjacent to an activating group) is 1. The molecular weight excluding hydrogens is 438 g/mol. The minimum atomic E-state index is -3.56. The van der Waals surface area contributed by atoms with Crippen molar-refractivity contribution in [2.75, 3.05) is 44.7 Å². The minimum absolute atomic E-state index is 0.149. The molecule has 168 valence electrons. The summed E-state index contributed by atoms with van der Waals surface area (Å²) in [5, 5.41) is 3.46. The number of hydrogen-bond acceptors (Lipinski definition) is 5. The molecule has 1 heterocycles. The monoisotopic (exact) mass is 465 g/mol. The van der Waals surface area contributed by atoms with Crippen molar-refractivity contribution in [3.05, 3.63) is 58.6 Å². The molecule has 1 N–H and O–H groups in total. The lowest BCUT2D eigenvalue weighted by atomic mass is 10.2. The maximum absolute atomic E-state index is 12.9. The standard InChI is InChI=1S/C22H28ClN3O4S/c1-3-25(16-22(27)24-21-14-19(23)8-7-17(21)2)15-18-5-4-6-20(13-18)31(28,29)26-9-11-30-12-10-26/h4-8,13-14H,3,9-12,15-16H2,1-2H3,(H,24,27). The Morgan fingerprint density at radius 1 is 1.19 bits per heavy atom. The van der Waals surface area contributed by atoms with E-state index in [1.807, 2.05) is 30.9 Å². The number of carbonyl (C=O) groups is 1. The predicted octanol–water partition coefficient (Wildman–Crippen LogP) is 3.13. The molecule has 2 aromatic carbocycles. The highest BCUT2D eigenvalue weighted by atomic mass is 35.5. The number of nitrogens with one attached hydrogen (secondary N) is 1. The fourth-order valence-corrected chi connectivity index (χ4v) is 5.05. The van der Waals surface area contributed by atoms with Crippen molar-refractivity contribution >= 4 is 33.2 Å². The summed E-state index contributed by atoms with van der Waals surface area (Å²) >= 11 is 6.03. The third-order valence-corrected chi connectivity index (χ3v) is 7.33. The zero-order valence-corrected chi connectivity index (χ0v) is 19.4. The first-order valence-electron chi connectivity index (χ1n) is 10.2. The van der Waals surface area contributed by atoms with Crippen molar-refractivity contribution in [2.45, 2.75) is 25.3 Å². The fraction of sp³-hybridized carbons (Fsp3) is 0.409. The van der Waals surface area contributed by atoms with Crippen LogP contribution < -0.4 is 5.32 Å². The summed E-state index contributed by atoms with van der Waals surface area (Å²) in [4.78, 5) is 14.8. The smallest absolute Gasteiger partial charge is 0.243 e. The van der Waals surface area contributed by atoms with Gasteiger partial charge < -0.3 is 10.1 Å². The lowest BCUT2D eigenvalue weighted by Gasteiger charge is -2.26. The van der Waals surface area contributed by atoms with Gasteiger partial charge in [0.25, 0.3) is 0 Å². The maximum Gasteiger partial charge on any atom is 0.243 e. The number of morpholine rings is 1. The van der Waals surface area contributed by atoms with E-state index in [0.717, 1.165) is 11.1 Å². The number of sulfonamides is 1. The van der Waals surface area contributed by atoms with E-state index in [1.54, 1.807) is 30.3 Å². The first-order valence-corrected chi connectivity index (χ1v) is 12.1. The molecule has 1 saturated heterocycles. The van der Waals surface area contributed by atoms with Crippen LogP contribution >= 0.6 is 11.6 Å². The van der Waals surface area contributed by atoms with Crippen molar-refractivity contribution in [3.63, 3.8) is 0 Å². The number of hydrogen-bond donors (Lipinski definition) is 1. The molecule has 0 spiro atoms. The third kappa shape index (κ3) is 6.27. The van der Waals surface area contributed by atoms with Crippen LogP contribution in [0, 0.1) is 6.92 Å². The number of rotatable bonds is 8. The highest BCUT2D eigenvalue weighted by molar-refractivity contribution is 7.89. The van der Waals surface area contributed by atoms with Crippen LogP contribution in [0.3, 0.4) is 0 Å². The van der Waals surface area contributed by atoms with E-state index in [2.05, 4.69) is 5.32 Å². The summed E-state index contributed by atoms with van der Waals surface area (Å²) in [5.74, 6) is -0.149. The van der Waals surface area contributed by atoms with Gasteiger partial charge in [0.1, 0.15) is 0 Å². The number of benzene rings is 2. The van der Waals surface area contributed by atoms with Gasteiger partial charge in [-0.05, 0) is 48.9 Å². The van der Waals surface area contributed by atoms with Gasteiger partial charge in [0.15, 0.2) is 0 Å². The van der Waals surface area contributed by atoms with Crippen LogP contribution in [-0.2, 0) is 26.1 Å².